The van der Waals surface area contributed by atoms with Gasteiger partial charge in [0.2, 0.25) is 0 Å². The first kappa shape index (κ1) is 19.0. The van der Waals surface area contributed by atoms with Crippen LogP contribution in [0, 0.1) is 0 Å². The van der Waals surface area contributed by atoms with Gasteiger partial charge in [-0.25, -0.2) is 0 Å². The summed E-state index contributed by atoms with van der Waals surface area (Å²) in [7, 11) is 0. The van der Waals surface area contributed by atoms with E-state index < -0.39 is 0 Å². The third kappa shape index (κ3) is 4.00. The summed E-state index contributed by atoms with van der Waals surface area (Å²) in [6, 6.07) is 4.08. The lowest BCUT2D eigenvalue weighted by molar-refractivity contribution is 0.0952. The van der Waals surface area contributed by atoms with Crippen molar-refractivity contribution in [3.8, 4) is 5.75 Å². The number of carbonyl (C=O) groups excluding carboxylic acids is 1. The Labute approximate surface area is 147 Å². The van der Waals surface area contributed by atoms with Crippen molar-refractivity contribution in [3.63, 3.8) is 0 Å². The first-order valence-corrected chi connectivity index (χ1v) is 9.15. The van der Waals surface area contributed by atoms with Crippen molar-refractivity contribution in [2.75, 3.05) is 13.2 Å². The van der Waals surface area contributed by atoms with Crippen molar-refractivity contribution in [3.05, 3.63) is 28.8 Å². The highest BCUT2D eigenvalue weighted by molar-refractivity contribution is 6.01. The molecule has 1 aliphatic heterocycles. The number of ketones is 1. The molecule has 0 spiro atoms. The molecule has 1 heterocycles. The van der Waals surface area contributed by atoms with Gasteiger partial charge in [0.1, 0.15) is 5.75 Å². The van der Waals surface area contributed by atoms with Crippen LogP contribution >= 0.6 is 0 Å². The average molecular weight is 332 g/mol. The zero-order chi connectivity index (χ0) is 18.1. The van der Waals surface area contributed by atoms with Crippen LogP contribution in [0.3, 0.4) is 0 Å². The zero-order valence-corrected chi connectivity index (χ0v) is 16.4. The Morgan fingerprint density at radius 1 is 1.12 bits per heavy atom. The third-order valence-corrected chi connectivity index (χ3v) is 4.65. The molecule has 0 aromatic heterocycles. The Hall–Kier alpha value is -1.35. The summed E-state index contributed by atoms with van der Waals surface area (Å²) in [5, 5.41) is 3.33. The second kappa shape index (κ2) is 6.87. The number of nitrogens with one attached hydrogen (secondary N) is 1. The van der Waals surface area contributed by atoms with Gasteiger partial charge in [-0.3, -0.25) is 4.79 Å². The number of rotatable bonds is 4. The highest BCUT2D eigenvalue weighted by atomic mass is 16.5. The fraction of sp³-hybridized carbons (Fsp3) is 0.667. The van der Waals surface area contributed by atoms with E-state index in [9.17, 15) is 4.79 Å². The summed E-state index contributed by atoms with van der Waals surface area (Å²) in [4.78, 5) is 13.0. The van der Waals surface area contributed by atoms with E-state index in [4.69, 9.17) is 4.74 Å². The molecule has 1 aromatic carbocycles. The van der Waals surface area contributed by atoms with Gasteiger partial charge < -0.3 is 10.1 Å². The largest absolute Gasteiger partial charge is 0.493 e. The SMILES string of the molecule is CCOc1c(C(C)(C)C)cc(C(=O)C2CCCN2)cc1C(C)(C)C. The molecule has 0 aliphatic carbocycles. The van der Waals surface area contributed by atoms with Crippen LogP contribution < -0.4 is 10.1 Å². The molecule has 1 aliphatic rings. The second-order valence-corrected chi connectivity index (χ2v) is 8.85. The van der Waals surface area contributed by atoms with Crippen LogP contribution in [0.1, 0.15) is 82.8 Å². The van der Waals surface area contributed by atoms with Crippen LogP contribution in [-0.2, 0) is 10.8 Å². The molecule has 24 heavy (non-hydrogen) atoms. The smallest absolute Gasteiger partial charge is 0.179 e. The maximum atomic E-state index is 13.0. The first-order chi connectivity index (χ1) is 11.1. The van der Waals surface area contributed by atoms with E-state index in [0.29, 0.717) is 6.61 Å². The van der Waals surface area contributed by atoms with Crippen LogP contribution in [0.15, 0.2) is 12.1 Å². The van der Waals surface area contributed by atoms with Gasteiger partial charge in [0.15, 0.2) is 5.78 Å². The molecule has 2 rings (SSSR count). The van der Waals surface area contributed by atoms with E-state index >= 15 is 0 Å². The van der Waals surface area contributed by atoms with E-state index in [-0.39, 0.29) is 22.7 Å². The summed E-state index contributed by atoms with van der Waals surface area (Å²) >= 11 is 0. The molecular formula is C21H33NO2. The number of ether oxygens (including phenoxy) is 1. The molecule has 0 bridgehead atoms. The molecule has 1 unspecified atom stereocenters. The zero-order valence-electron chi connectivity index (χ0n) is 16.4. The minimum atomic E-state index is -0.0795. The van der Waals surface area contributed by atoms with Gasteiger partial charge >= 0.3 is 0 Å². The highest BCUT2D eigenvalue weighted by Crippen LogP contribution is 2.41. The Morgan fingerprint density at radius 3 is 2.04 bits per heavy atom. The Bertz CT molecular complexity index is 564. The van der Waals surface area contributed by atoms with E-state index in [0.717, 1.165) is 41.8 Å². The van der Waals surface area contributed by atoms with Crippen LogP contribution in [0.4, 0.5) is 0 Å². The lowest BCUT2D eigenvalue weighted by atomic mass is 9.77. The van der Waals surface area contributed by atoms with E-state index in [1.54, 1.807) is 0 Å². The Morgan fingerprint density at radius 2 is 1.67 bits per heavy atom. The molecule has 1 fully saturated rings. The van der Waals surface area contributed by atoms with Gasteiger partial charge in [0.05, 0.1) is 12.6 Å². The lowest BCUT2D eigenvalue weighted by Gasteiger charge is -2.30. The quantitative estimate of drug-likeness (QED) is 0.819. The van der Waals surface area contributed by atoms with Crippen LogP contribution in [-0.4, -0.2) is 25.0 Å². The Kier molecular flexibility index (Phi) is 5.44. The van der Waals surface area contributed by atoms with Gasteiger partial charge in [-0.1, -0.05) is 41.5 Å². The van der Waals surface area contributed by atoms with Crippen LogP contribution in [0.5, 0.6) is 5.75 Å². The molecule has 134 valence electrons. The average Bonchev–Trinajstić information content (AvgIpc) is 2.98. The highest BCUT2D eigenvalue weighted by Gasteiger charge is 2.31. The van der Waals surface area contributed by atoms with E-state index in [1.807, 2.05) is 6.92 Å². The normalized spacial score (nSPS) is 18.7. The van der Waals surface area contributed by atoms with Gasteiger partial charge in [-0.05, 0) is 49.3 Å². The molecule has 1 saturated heterocycles. The van der Waals surface area contributed by atoms with Crippen LogP contribution in [0.25, 0.3) is 0 Å². The summed E-state index contributed by atoms with van der Waals surface area (Å²) in [5.41, 5.74) is 2.90. The maximum Gasteiger partial charge on any atom is 0.179 e. The number of benzene rings is 1. The molecular weight excluding hydrogens is 298 g/mol. The van der Waals surface area contributed by atoms with Gasteiger partial charge in [0, 0.05) is 16.7 Å². The molecule has 3 heteroatoms. The number of hydrogen-bond acceptors (Lipinski definition) is 3. The molecule has 3 nitrogen and oxygen atoms in total. The summed E-state index contributed by atoms with van der Waals surface area (Å²) < 4.78 is 6.05. The van der Waals surface area contributed by atoms with E-state index in [1.165, 1.54) is 0 Å². The lowest BCUT2D eigenvalue weighted by Crippen LogP contribution is -2.31. The fourth-order valence-electron chi connectivity index (χ4n) is 3.29. The maximum absolute atomic E-state index is 13.0. The summed E-state index contributed by atoms with van der Waals surface area (Å²) in [5.74, 6) is 1.17. The second-order valence-electron chi connectivity index (χ2n) is 8.85. The molecule has 1 atom stereocenters. The van der Waals surface area contributed by atoms with Crippen molar-refractivity contribution >= 4 is 5.78 Å². The van der Waals surface area contributed by atoms with E-state index in [2.05, 4.69) is 59.0 Å². The van der Waals surface area contributed by atoms with Crippen molar-refractivity contribution < 1.29 is 9.53 Å². The van der Waals surface area contributed by atoms with Crippen molar-refractivity contribution in [2.45, 2.75) is 78.2 Å². The van der Waals surface area contributed by atoms with Crippen molar-refractivity contribution in [1.29, 1.82) is 0 Å². The number of hydrogen-bond donors (Lipinski definition) is 1. The molecule has 0 radical (unpaired) electrons. The molecule has 0 amide bonds. The first-order valence-electron chi connectivity index (χ1n) is 9.15. The predicted molar refractivity (Wildman–Crippen MR) is 100 cm³/mol. The van der Waals surface area contributed by atoms with Crippen LogP contribution in [0.2, 0.25) is 0 Å². The molecule has 1 aromatic rings. The fourth-order valence-corrected chi connectivity index (χ4v) is 3.29. The van der Waals surface area contributed by atoms with Gasteiger partial charge in [-0.15, -0.1) is 0 Å². The minimum absolute atomic E-state index is 0.0384. The van der Waals surface area contributed by atoms with Gasteiger partial charge in [0.25, 0.3) is 0 Å². The Balaban J connectivity index is 2.63. The standard InChI is InChI=1S/C21H33NO2/c1-8-24-19-15(20(2,3)4)12-14(13-16(19)21(5,6)7)18(23)17-10-9-11-22-17/h12-13,17,22H,8-11H2,1-7H3. The number of Topliss-reactive ketones (excluding diaryl/α,β-unsaturated/α-hetero) is 1. The van der Waals surface area contributed by atoms with Crippen molar-refractivity contribution in [1.82, 2.24) is 5.32 Å². The minimum Gasteiger partial charge on any atom is -0.493 e. The third-order valence-electron chi connectivity index (χ3n) is 4.65. The summed E-state index contributed by atoms with van der Waals surface area (Å²) in [6.07, 6.45) is 2.01. The van der Waals surface area contributed by atoms with Crippen molar-refractivity contribution in [2.24, 2.45) is 0 Å². The summed E-state index contributed by atoms with van der Waals surface area (Å²) in [6.45, 7) is 16.7. The monoisotopic (exact) mass is 331 g/mol. The number of carbonyl (C=O) groups is 1. The molecule has 0 saturated carbocycles. The topological polar surface area (TPSA) is 38.3 Å². The van der Waals surface area contributed by atoms with Gasteiger partial charge in [-0.2, -0.15) is 0 Å². The molecule has 1 N–H and O–H groups in total. The predicted octanol–water partition coefficient (Wildman–Crippen LogP) is 4.62.